The number of sulfonamides is 1. The minimum absolute atomic E-state index is 0.276. The first-order valence-corrected chi connectivity index (χ1v) is 7.05. The lowest BCUT2D eigenvalue weighted by Crippen LogP contribution is -2.26. The third-order valence-electron chi connectivity index (χ3n) is 2.65. The molecule has 1 unspecified atom stereocenters. The van der Waals surface area contributed by atoms with Crippen molar-refractivity contribution in [2.24, 2.45) is 0 Å². The summed E-state index contributed by atoms with van der Waals surface area (Å²) in [6.45, 7) is 3.64. The average molecular weight is 265 g/mol. The van der Waals surface area contributed by atoms with Crippen molar-refractivity contribution < 1.29 is 8.42 Å². The standard InChI is InChI=1S/C12H15N3O2S/c1-9-4-3-5-12(6-9)18(16,17)15-10(2)11-7-13-14-8-11/h3-8,10,15H,1-2H3,(H,13,14). The fourth-order valence-corrected chi connectivity index (χ4v) is 2.99. The fraction of sp³-hybridized carbons (Fsp3) is 0.250. The summed E-state index contributed by atoms with van der Waals surface area (Å²) in [5, 5.41) is 6.46. The number of hydrogen-bond acceptors (Lipinski definition) is 3. The van der Waals surface area contributed by atoms with Gasteiger partial charge in [-0.2, -0.15) is 5.10 Å². The smallest absolute Gasteiger partial charge is 0.241 e. The quantitative estimate of drug-likeness (QED) is 0.884. The van der Waals surface area contributed by atoms with Crippen LogP contribution in [0.5, 0.6) is 0 Å². The molecule has 1 aromatic carbocycles. The molecule has 96 valence electrons. The van der Waals surface area contributed by atoms with Crippen molar-refractivity contribution in [3.63, 3.8) is 0 Å². The Kier molecular flexibility index (Phi) is 3.49. The molecule has 2 aromatic rings. The molecule has 2 rings (SSSR count). The van der Waals surface area contributed by atoms with Crippen molar-refractivity contribution >= 4 is 10.0 Å². The lowest BCUT2D eigenvalue weighted by Gasteiger charge is -2.12. The third kappa shape index (κ3) is 2.77. The molecule has 1 atom stereocenters. The molecule has 0 aliphatic carbocycles. The van der Waals surface area contributed by atoms with Gasteiger partial charge in [-0.1, -0.05) is 12.1 Å². The Bertz CT molecular complexity index is 621. The van der Waals surface area contributed by atoms with E-state index >= 15 is 0 Å². The number of nitrogens with zero attached hydrogens (tertiary/aromatic N) is 1. The van der Waals surface area contributed by atoms with Crippen LogP contribution in [-0.4, -0.2) is 18.6 Å². The monoisotopic (exact) mass is 265 g/mol. The van der Waals surface area contributed by atoms with Gasteiger partial charge in [0.25, 0.3) is 0 Å². The van der Waals surface area contributed by atoms with E-state index < -0.39 is 10.0 Å². The zero-order valence-corrected chi connectivity index (χ0v) is 11.0. The molecule has 0 aliphatic heterocycles. The van der Waals surface area contributed by atoms with E-state index in [4.69, 9.17) is 0 Å². The van der Waals surface area contributed by atoms with Crippen LogP contribution in [0.3, 0.4) is 0 Å². The second kappa shape index (κ2) is 4.91. The van der Waals surface area contributed by atoms with E-state index in [0.29, 0.717) is 0 Å². The van der Waals surface area contributed by atoms with Crippen LogP contribution in [0.15, 0.2) is 41.6 Å². The molecule has 0 bridgehead atoms. The fourth-order valence-electron chi connectivity index (χ4n) is 1.65. The number of benzene rings is 1. The predicted molar refractivity (Wildman–Crippen MR) is 68.5 cm³/mol. The van der Waals surface area contributed by atoms with E-state index in [1.54, 1.807) is 37.5 Å². The molecule has 18 heavy (non-hydrogen) atoms. The molecule has 0 radical (unpaired) electrons. The molecule has 6 heteroatoms. The van der Waals surface area contributed by atoms with Crippen molar-refractivity contribution in [3.05, 3.63) is 47.8 Å². The van der Waals surface area contributed by atoms with Crippen LogP contribution in [0.4, 0.5) is 0 Å². The molecule has 1 heterocycles. The third-order valence-corrected chi connectivity index (χ3v) is 4.19. The Morgan fingerprint density at radius 1 is 1.39 bits per heavy atom. The van der Waals surface area contributed by atoms with E-state index in [9.17, 15) is 8.42 Å². The Hall–Kier alpha value is -1.66. The topological polar surface area (TPSA) is 74.8 Å². The van der Waals surface area contributed by atoms with Gasteiger partial charge >= 0.3 is 0 Å². The highest BCUT2D eigenvalue weighted by atomic mass is 32.2. The van der Waals surface area contributed by atoms with E-state index in [-0.39, 0.29) is 10.9 Å². The van der Waals surface area contributed by atoms with Crippen molar-refractivity contribution in [1.82, 2.24) is 14.9 Å². The molecule has 0 spiro atoms. The molecule has 0 saturated carbocycles. The summed E-state index contributed by atoms with van der Waals surface area (Å²) in [5.74, 6) is 0. The van der Waals surface area contributed by atoms with Gasteiger partial charge in [0.05, 0.1) is 11.1 Å². The second-order valence-electron chi connectivity index (χ2n) is 4.19. The van der Waals surface area contributed by atoms with Crippen LogP contribution >= 0.6 is 0 Å². The van der Waals surface area contributed by atoms with Crippen molar-refractivity contribution in [2.45, 2.75) is 24.8 Å². The minimum atomic E-state index is -3.50. The Labute approximate surface area is 106 Å². The average Bonchev–Trinajstić information content (AvgIpc) is 2.82. The lowest BCUT2D eigenvalue weighted by molar-refractivity contribution is 0.567. The van der Waals surface area contributed by atoms with Crippen molar-refractivity contribution in [2.75, 3.05) is 0 Å². The highest BCUT2D eigenvalue weighted by Crippen LogP contribution is 2.16. The van der Waals surface area contributed by atoms with Crippen LogP contribution in [0.25, 0.3) is 0 Å². The largest absolute Gasteiger partial charge is 0.285 e. The van der Waals surface area contributed by atoms with Gasteiger partial charge in [0.2, 0.25) is 10.0 Å². The maximum Gasteiger partial charge on any atom is 0.241 e. The summed E-state index contributed by atoms with van der Waals surface area (Å²) in [5.41, 5.74) is 1.71. The molecular weight excluding hydrogens is 250 g/mol. The van der Waals surface area contributed by atoms with Crippen LogP contribution < -0.4 is 4.72 Å². The number of H-pyrrole nitrogens is 1. The van der Waals surface area contributed by atoms with E-state index in [0.717, 1.165) is 11.1 Å². The Morgan fingerprint density at radius 3 is 2.78 bits per heavy atom. The summed E-state index contributed by atoms with van der Waals surface area (Å²) in [7, 11) is -3.50. The first kappa shape index (κ1) is 12.8. The van der Waals surface area contributed by atoms with Crippen molar-refractivity contribution in [1.29, 1.82) is 0 Å². The zero-order valence-electron chi connectivity index (χ0n) is 10.2. The molecule has 0 amide bonds. The number of hydrogen-bond donors (Lipinski definition) is 2. The summed E-state index contributed by atoms with van der Waals surface area (Å²) in [6, 6.07) is 6.49. The lowest BCUT2D eigenvalue weighted by atomic mass is 10.2. The summed E-state index contributed by atoms with van der Waals surface area (Å²) in [6.07, 6.45) is 3.27. The highest BCUT2D eigenvalue weighted by molar-refractivity contribution is 7.89. The van der Waals surface area contributed by atoms with Crippen LogP contribution in [0.1, 0.15) is 24.1 Å². The second-order valence-corrected chi connectivity index (χ2v) is 5.91. The number of aryl methyl sites for hydroxylation is 1. The van der Waals surface area contributed by atoms with Crippen LogP contribution in [0.2, 0.25) is 0 Å². The number of aromatic amines is 1. The first-order valence-electron chi connectivity index (χ1n) is 5.57. The van der Waals surface area contributed by atoms with Gasteiger partial charge in [0.15, 0.2) is 0 Å². The molecular formula is C12H15N3O2S. The molecule has 0 aliphatic rings. The summed E-state index contributed by atoms with van der Waals surface area (Å²) < 4.78 is 26.9. The number of rotatable bonds is 4. The van der Waals surface area contributed by atoms with Gasteiger partial charge in [-0.05, 0) is 31.5 Å². The Morgan fingerprint density at radius 2 is 2.17 bits per heavy atom. The minimum Gasteiger partial charge on any atom is -0.285 e. The summed E-state index contributed by atoms with van der Waals surface area (Å²) >= 11 is 0. The SMILES string of the molecule is Cc1cccc(S(=O)(=O)NC(C)c2cn[nH]c2)c1. The van der Waals surface area contributed by atoms with Gasteiger partial charge in [-0.15, -0.1) is 0 Å². The van der Waals surface area contributed by atoms with Crippen LogP contribution in [0, 0.1) is 6.92 Å². The Balaban J connectivity index is 2.22. The first-order chi connectivity index (χ1) is 8.49. The highest BCUT2D eigenvalue weighted by Gasteiger charge is 2.18. The van der Waals surface area contributed by atoms with E-state index in [1.807, 2.05) is 13.0 Å². The predicted octanol–water partition coefficient (Wildman–Crippen LogP) is 1.76. The van der Waals surface area contributed by atoms with Crippen LogP contribution in [-0.2, 0) is 10.0 Å². The van der Waals surface area contributed by atoms with Gasteiger partial charge in [-0.25, -0.2) is 13.1 Å². The zero-order chi connectivity index (χ0) is 13.2. The van der Waals surface area contributed by atoms with Gasteiger partial charge in [0, 0.05) is 17.8 Å². The maximum atomic E-state index is 12.1. The maximum absolute atomic E-state index is 12.1. The molecule has 2 N–H and O–H groups in total. The number of aromatic nitrogens is 2. The molecule has 1 aromatic heterocycles. The van der Waals surface area contributed by atoms with E-state index in [2.05, 4.69) is 14.9 Å². The number of nitrogens with one attached hydrogen (secondary N) is 2. The van der Waals surface area contributed by atoms with Crippen molar-refractivity contribution in [3.8, 4) is 0 Å². The van der Waals surface area contributed by atoms with Gasteiger partial charge < -0.3 is 0 Å². The molecule has 0 saturated heterocycles. The van der Waals surface area contributed by atoms with Gasteiger partial charge in [-0.3, -0.25) is 5.10 Å². The van der Waals surface area contributed by atoms with E-state index in [1.165, 1.54) is 0 Å². The summed E-state index contributed by atoms with van der Waals surface area (Å²) in [4.78, 5) is 0.276. The normalized spacial score (nSPS) is 13.4. The van der Waals surface area contributed by atoms with Gasteiger partial charge in [0.1, 0.15) is 0 Å². The molecule has 0 fully saturated rings. The molecule has 5 nitrogen and oxygen atoms in total.